The van der Waals surface area contributed by atoms with E-state index in [1.165, 1.54) is 0 Å². The van der Waals surface area contributed by atoms with Crippen LogP contribution in [0.3, 0.4) is 0 Å². The van der Waals surface area contributed by atoms with E-state index in [1.807, 2.05) is 27.7 Å². The van der Waals surface area contributed by atoms with E-state index in [-0.39, 0.29) is 24.4 Å². The van der Waals surface area contributed by atoms with Gasteiger partial charge in [0.05, 0.1) is 12.2 Å². The van der Waals surface area contributed by atoms with Crippen LogP contribution in [0.1, 0.15) is 87.5 Å². The molecule has 0 spiro atoms. The van der Waals surface area contributed by atoms with Crippen LogP contribution in [0.2, 0.25) is 0 Å². The molecule has 0 amide bonds. The lowest BCUT2D eigenvalue weighted by Crippen LogP contribution is -2.30. The molecule has 0 saturated carbocycles. The van der Waals surface area contributed by atoms with Crippen molar-refractivity contribution in [2.75, 3.05) is 39.6 Å². The second-order valence-electron chi connectivity index (χ2n) is 10.5. The Balaban J connectivity index is 3.93. The molecule has 182 valence electrons. The van der Waals surface area contributed by atoms with Crippen molar-refractivity contribution in [2.45, 2.75) is 99.4 Å². The van der Waals surface area contributed by atoms with Crippen LogP contribution in [0, 0.1) is 23.7 Å². The molecule has 0 rings (SSSR count). The summed E-state index contributed by atoms with van der Waals surface area (Å²) in [6, 6.07) is 0. The summed E-state index contributed by atoms with van der Waals surface area (Å²) < 4.78 is 23.7. The van der Waals surface area contributed by atoms with E-state index in [0.717, 1.165) is 58.5 Å². The topological polar surface area (TPSA) is 57.2 Å². The van der Waals surface area contributed by atoms with Crippen LogP contribution in [0.15, 0.2) is 0 Å². The van der Waals surface area contributed by atoms with Crippen molar-refractivity contribution in [3.8, 4) is 0 Å². The summed E-state index contributed by atoms with van der Waals surface area (Å²) in [5.74, 6) is 1.95. The van der Waals surface area contributed by atoms with Gasteiger partial charge in [0.1, 0.15) is 0 Å². The first kappa shape index (κ1) is 29.8. The number of hydrogen-bond donors (Lipinski definition) is 1. The second-order valence-corrected chi connectivity index (χ2v) is 10.5. The molecule has 0 aliphatic carbocycles. The molecule has 0 bridgehead atoms. The lowest BCUT2D eigenvalue weighted by Gasteiger charge is -2.28. The van der Waals surface area contributed by atoms with Gasteiger partial charge in [-0.25, -0.2) is 0 Å². The molecule has 5 nitrogen and oxygen atoms in total. The van der Waals surface area contributed by atoms with Crippen LogP contribution < -0.4 is 0 Å². The van der Waals surface area contributed by atoms with Crippen LogP contribution >= 0.6 is 0 Å². The van der Waals surface area contributed by atoms with Crippen LogP contribution in [-0.4, -0.2) is 56.6 Å². The number of aliphatic hydroxyl groups is 1. The molecule has 0 radical (unpaired) electrons. The molecule has 0 heterocycles. The van der Waals surface area contributed by atoms with Gasteiger partial charge in [0.25, 0.3) is 0 Å². The molecule has 0 saturated heterocycles. The van der Waals surface area contributed by atoms with Crippen LogP contribution in [0.25, 0.3) is 0 Å². The average Bonchev–Trinajstić information content (AvgIpc) is 2.64. The molecule has 1 N–H and O–H groups in total. The first-order valence-corrected chi connectivity index (χ1v) is 12.1. The highest BCUT2D eigenvalue weighted by Crippen LogP contribution is 2.19. The quantitative estimate of drug-likeness (QED) is 0.210. The van der Waals surface area contributed by atoms with Crippen molar-refractivity contribution < 1.29 is 24.1 Å². The Kier molecular flexibility index (Phi) is 17.3. The molecule has 0 aromatic rings. The van der Waals surface area contributed by atoms with Gasteiger partial charge in [-0.1, -0.05) is 34.6 Å². The predicted molar refractivity (Wildman–Crippen MR) is 125 cm³/mol. The maximum absolute atomic E-state index is 9.24. The maximum Gasteiger partial charge on any atom is 0.158 e. The highest BCUT2D eigenvalue weighted by Gasteiger charge is 2.20. The molecule has 0 aliphatic rings. The van der Waals surface area contributed by atoms with Gasteiger partial charge in [-0.3, -0.25) is 0 Å². The molecule has 0 fully saturated rings. The predicted octanol–water partition coefficient (Wildman–Crippen LogP) is 5.68. The largest absolute Gasteiger partial charge is 0.396 e. The van der Waals surface area contributed by atoms with Gasteiger partial charge < -0.3 is 24.1 Å². The highest BCUT2D eigenvalue weighted by atomic mass is 16.7. The summed E-state index contributed by atoms with van der Waals surface area (Å²) in [7, 11) is 0. The summed E-state index contributed by atoms with van der Waals surface area (Å²) >= 11 is 0. The SMILES string of the molecule is CC(C)CCOCCC(C)COCC(C)CCOC(CCC(C)CO)OC(C)(C)C. The summed E-state index contributed by atoms with van der Waals surface area (Å²) in [5, 5.41) is 9.24. The fourth-order valence-corrected chi connectivity index (χ4v) is 2.83. The fraction of sp³-hybridized carbons (Fsp3) is 1.00. The van der Waals surface area contributed by atoms with E-state index in [9.17, 15) is 5.11 Å². The average molecular weight is 433 g/mol. The van der Waals surface area contributed by atoms with E-state index in [4.69, 9.17) is 18.9 Å². The monoisotopic (exact) mass is 432 g/mol. The number of hydrogen-bond acceptors (Lipinski definition) is 5. The summed E-state index contributed by atoms with van der Waals surface area (Å²) in [4.78, 5) is 0. The van der Waals surface area contributed by atoms with Crippen molar-refractivity contribution in [1.82, 2.24) is 0 Å². The minimum Gasteiger partial charge on any atom is -0.396 e. The Morgan fingerprint density at radius 2 is 1.23 bits per heavy atom. The molecule has 0 aromatic heterocycles. The molecule has 4 atom stereocenters. The molecule has 30 heavy (non-hydrogen) atoms. The van der Waals surface area contributed by atoms with E-state index < -0.39 is 0 Å². The van der Waals surface area contributed by atoms with E-state index in [0.29, 0.717) is 24.4 Å². The third kappa shape index (κ3) is 19.7. The second kappa shape index (κ2) is 17.4. The van der Waals surface area contributed by atoms with Gasteiger partial charge in [-0.05, 0) is 76.5 Å². The Bertz CT molecular complexity index is 380. The maximum atomic E-state index is 9.24. The molecule has 5 heteroatoms. The molecular formula is C25H52O5. The van der Waals surface area contributed by atoms with Crippen molar-refractivity contribution in [2.24, 2.45) is 23.7 Å². The first-order chi connectivity index (χ1) is 14.0. The lowest BCUT2D eigenvalue weighted by atomic mass is 10.1. The standard InChI is InChI=1S/C25H52O5/c1-20(2)11-14-27-15-12-22(4)18-28-19-23(5)13-16-29-24(30-25(6,7)8)10-9-21(3)17-26/h20-24,26H,9-19H2,1-8H3. The molecule has 0 aliphatic heterocycles. The zero-order valence-electron chi connectivity index (χ0n) is 21.2. The minimum absolute atomic E-state index is 0.207. The summed E-state index contributed by atoms with van der Waals surface area (Å²) in [6.45, 7) is 21.2. The van der Waals surface area contributed by atoms with E-state index in [2.05, 4.69) is 27.7 Å². The normalized spacial score (nSPS) is 16.6. The van der Waals surface area contributed by atoms with E-state index >= 15 is 0 Å². The zero-order chi connectivity index (χ0) is 23.0. The fourth-order valence-electron chi connectivity index (χ4n) is 2.83. The van der Waals surface area contributed by atoms with Crippen LogP contribution in [-0.2, 0) is 18.9 Å². The van der Waals surface area contributed by atoms with Gasteiger partial charge in [0, 0.05) is 33.0 Å². The molecule has 0 aromatic carbocycles. The van der Waals surface area contributed by atoms with Crippen LogP contribution in [0.4, 0.5) is 0 Å². The number of rotatable bonds is 19. The highest BCUT2D eigenvalue weighted by molar-refractivity contribution is 4.63. The number of ether oxygens (including phenoxy) is 4. The van der Waals surface area contributed by atoms with Gasteiger partial charge in [-0.15, -0.1) is 0 Å². The summed E-state index contributed by atoms with van der Waals surface area (Å²) in [6.07, 6.45) is 4.62. The van der Waals surface area contributed by atoms with Gasteiger partial charge >= 0.3 is 0 Å². The number of aliphatic hydroxyl groups excluding tert-OH is 1. The summed E-state index contributed by atoms with van der Waals surface area (Å²) in [5.41, 5.74) is -0.240. The van der Waals surface area contributed by atoms with Crippen molar-refractivity contribution >= 4 is 0 Å². The molecular weight excluding hydrogens is 380 g/mol. The van der Waals surface area contributed by atoms with E-state index in [1.54, 1.807) is 0 Å². The van der Waals surface area contributed by atoms with Gasteiger partial charge in [0.15, 0.2) is 6.29 Å². The third-order valence-corrected chi connectivity index (χ3v) is 5.01. The smallest absolute Gasteiger partial charge is 0.158 e. The minimum atomic E-state index is -0.240. The van der Waals surface area contributed by atoms with Crippen molar-refractivity contribution in [3.63, 3.8) is 0 Å². The Hall–Kier alpha value is -0.200. The van der Waals surface area contributed by atoms with Crippen LogP contribution in [0.5, 0.6) is 0 Å². The van der Waals surface area contributed by atoms with Crippen molar-refractivity contribution in [3.05, 3.63) is 0 Å². The Labute approximate surface area is 187 Å². The van der Waals surface area contributed by atoms with Crippen molar-refractivity contribution in [1.29, 1.82) is 0 Å². The lowest BCUT2D eigenvalue weighted by molar-refractivity contribution is -0.200. The Morgan fingerprint density at radius 3 is 1.77 bits per heavy atom. The third-order valence-electron chi connectivity index (χ3n) is 5.01. The van der Waals surface area contributed by atoms with Gasteiger partial charge in [0.2, 0.25) is 0 Å². The Morgan fingerprint density at radius 1 is 0.667 bits per heavy atom. The molecule has 4 unspecified atom stereocenters. The zero-order valence-corrected chi connectivity index (χ0v) is 21.2. The van der Waals surface area contributed by atoms with Gasteiger partial charge in [-0.2, -0.15) is 0 Å². The first-order valence-electron chi connectivity index (χ1n) is 12.1.